The lowest BCUT2D eigenvalue weighted by molar-refractivity contribution is -0.0173. The Morgan fingerprint density at radius 3 is 2.33 bits per heavy atom. The average Bonchev–Trinajstić information content (AvgIpc) is 3.78. The summed E-state index contributed by atoms with van der Waals surface area (Å²) in [6.45, 7) is 13.2. The predicted molar refractivity (Wildman–Crippen MR) is 249 cm³/mol. The number of phenolic OH excluding ortho intramolecular Hbond substituents is 1. The monoisotopic (exact) mass is 883 g/mol. The van der Waals surface area contributed by atoms with Crippen LogP contribution in [0, 0.1) is 32.4 Å². The molecule has 4 aromatic carbocycles. The molecule has 0 radical (unpaired) electrons. The van der Waals surface area contributed by atoms with Crippen LogP contribution < -0.4 is 14.5 Å². The molecule has 6 aromatic rings. The second-order valence-electron chi connectivity index (χ2n) is 18.2. The number of aromatic nitrogens is 3. The topological polar surface area (TPSA) is 102 Å². The number of benzene rings is 4. The van der Waals surface area contributed by atoms with E-state index in [2.05, 4.69) is 61.5 Å². The Balaban J connectivity index is 0.791. The number of methoxy groups -OCH3 is 1. The number of fused-ring (bicyclic) bond motifs is 4. The number of β-amino-alcohol motifs (C(OH)–C–C–N with tert-alkyl or cyclic N) is 1. The summed E-state index contributed by atoms with van der Waals surface area (Å²) in [5, 5.41) is 31.9. The molecule has 3 aliphatic heterocycles. The summed E-state index contributed by atoms with van der Waals surface area (Å²) >= 11 is 1.66. The highest BCUT2D eigenvalue weighted by atomic mass is 32.1. The fourth-order valence-electron chi connectivity index (χ4n) is 10.7. The first-order valence-electron chi connectivity index (χ1n) is 22.5. The fraction of sp³-hybridized carbons (Fsp3) is 0.392. The van der Waals surface area contributed by atoms with E-state index in [9.17, 15) is 14.6 Å². The summed E-state index contributed by atoms with van der Waals surface area (Å²) in [4.78, 5) is 13.1. The quantitative estimate of drug-likeness (QED) is 0.156. The molecule has 332 valence electrons. The number of aliphatic hydroxyl groups is 1. The van der Waals surface area contributed by atoms with Crippen LogP contribution in [0.2, 0.25) is 0 Å². The molecule has 10 rings (SSSR count). The van der Waals surface area contributed by atoms with Crippen LogP contribution in [0.15, 0.2) is 83.9 Å². The first kappa shape index (κ1) is 42.3. The third-order valence-electron chi connectivity index (χ3n) is 14.3. The molecule has 10 nitrogen and oxygen atoms in total. The summed E-state index contributed by atoms with van der Waals surface area (Å²) in [5.41, 5.74) is 8.45. The van der Waals surface area contributed by atoms with E-state index in [1.54, 1.807) is 42.7 Å². The summed E-state index contributed by atoms with van der Waals surface area (Å²) in [5.74, 6) is 2.01. The number of hydrogen-bond donors (Lipinski definition) is 2. The maximum atomic E-state index is 16.3. The van der Waals surface area contributed by atoms with Crippen LogP contribution in [-0.2, 0) is 6.42 Å². The van der Waals surface area contributed by atoms with Crippen molar-refractivity contribution in [3.05, 3.63) is 146 Å². The van der Waals surface area contributed by atoms with Gasteiger partial charge in [-0.2, -0.15) is 0 Å². The smallest absolute Gasteiger partial charge is 0.162 e. The lowest BCUT2D eigenvalue weighted by atomic mass is 9.69. The van der Waals surface area contributed by atoms with Gasteiger partial charge in [0.15, 0.2) is 5.82 Å². The van der Waals surface area contributed by atoms with E-state index < -0.39 is 5.60 Å². The van der Waals surface area contributed by atoms with Crippen LogP contribution in [-0.4, -0.2) is 94.1 Å². The van der Waals surface area contributed by atoms with Crippen molar-refractivity contribution in [1.29, 1.82) is 0 Å². The summed E-state index contributed by atoms with van der Waals surface area (Å²) in [6.07, 6.45) is 2.81. The van der Waals surface area contributed by atoms with Gasteiger partial charge in [-0.05, 0) is 130 Å². The molecule has 2 aromatic heterocycles. The Morgan fingerprint density at radius 2 is 1.58 bits per heavy atom. The summed E-state index contributed by atoms with van der Waals surface area (Å²) < 4.78 is 39.0. The maximum Gasteiger partial charge on any atom is 0.162 e. The number of nitrogens with zero attached hydrogens (tertiary/aromatic N) is 7. The lowest BCUT2D eigenvalue weighted by Gasteiger charge is -2.44. The molecule has 2 fully saturated rings. The van der Waals surface area contributed by atoms with Crippen molar-refractivity contribution in [3.8, 4) is 16.5 Å². The fourth-order valence-corrected chi connectivity index (χ4v) is 11.9. The minimum absolute atomic E-state index is 0.0470. The number of aryl methyl sites for hydroxylation is 3. The largest absolute Gasteiger partial charge is 0.508 e. The van der Waals surface area contributed by atoms with Crippen molar-refractivity contribution in [1.82, 2.24) is 19.7 Å². The summed E-state index contributed by atoms with van der Waals surface area (Å²) in [7, 11) is 1.71. The molecule has 0 amide bonds. The van der Waals surface area contributed by atoms with Crippen LogP contribution >= 0.6 is 11.3 Å². The number of thiophene rings is 1. The van der Waals surface area contributed by atoms with E-state index in [1.807, 2.05) is 44.2 Å². The third kappa shape index (κ3) is 7.64. The van der Waals surface area contributed by atoms with Gasteiger partial charge in [-0.3, -0.25) is 14.5 Å². The molecule has 4 aliphatic rings. The zero-order valence-electron chi connectivity index (χ0n) is 37.1. The van der Waals surface area contributed by atoms with Gasteiger partial charge in [0.1, 0.15) is 40.0 Å². The Bertz CT molecular complexity index is 2770. The minimum atomic E-state index is -0.833. The predicted octanol–water partition coefficient (Wildman–Crippen LogP) is 9.17. The van der Waals surface area contributed by atoms with Gasteiger partial charge in [0.05, 0.1) is 18.4 Å². The Labute approximate surface area is 377 Å². The normalized spacial score (nSPS) is 20.9. The van der Waals surface area contributed by atoms with Crippen LogP contribution in [0.1, 0.15) is 99.5 Å². The van der Waals surface area contributed by atoms with Gasteiger partial charge < -0.3 is 24.7 Å². The van der Waals surface area contributed by atoms with Crippen molar-refractivity contribution in [3.63, 3.8) is 0 Å². The number of piperidine rings is 1. The van der Waals surface area contributed by atoms with Crippen molar-refractivity contribution >= 4 is 28.4 Å². The van der Waals surface area contributed by atoms with Gasteiger partial charge in [0, 0.05) is 90.7 Å². The molecule has 1 aliphatic carbocycles. The van der Waals surface area contributed by atoms with Gasteiger partial charge in [-0.1, -0.05) is 24.3 Å². The Morgan fingerprint density at radius 1 is 0.844 bits per heavy atom. The standard InChI is InChI=1S/C51H55F2N7O3S/c1-30-32(3)64-50-46(30)48(54-31(2)49-56-55-33(4)60(49)50)42-14-10-37(27-44(42)53)58-19-17-51(62,18-20-58)29-57-21-23-59(24-22-57)38-11-15-43(45(28-38)63-5)47-40(34-7-6-8-36(52)25-34)13-9-35-26-39(61)12-16-41(35)47/h6-8,10-12,14-16,25-28,31,40,47,61-62H,9,13,17-24,29H2,1-5H3/t31-,40-,47+/m0/s1. The second kappa shape index (κ2) is 16.7. The van der Waals surface area contributed by atoms with E-state index >= 15 is 4.39 Å². The van der Waals surface area contributed by atoms with E-state index in [4.69, 9.17) is 9.73 Å². The highest BCUT2D eigenvalue weighted by Crippen LogP contribution is 2.50. The highest BCUT2D eigenvalue weighted by Gasteiger charge is 2.38. The zero-order chi connectivity index (χ0) is 44.4. The first-order chi connectivity index (χ1) is 30.9. The van der Waals surface area contributed by atoms with Crippen LogP contribution in [0.3, 0.4) is 0 Å². The van der Waals surface area contributed by atoms with Crippen molar-refractivity contribution < 1.29 is 23.7 Å². The number of aromatic hydroxyl groups is 1. The Kier molecular flexibility index (Phi) is 11.1. The molecule has 2 saturated heterocycles. The number of hydrogen-bond acceptors (Lipinski definition) is 10. The third-order valence-corrected chi connectivity index (χ3v) is 15.5. The van der Waals surface area contributed by atoms with Gasteiger partial charge in [-0.15, -0.1) is 21.5 Å². The van der Waals surface area contributed by atoms with Crippen LogP contribution in [0.25, 0.3) is 5.00 Å². The highest BCUT2D eigenvalue weighted by molar-refractivity contribution is 7.15. The number of phenols is 1. The van der Waals surface area contributed by atoms with Gasteiger partial charge in [0.25, 0.3) is 0 Å². The van der Waals surface area contributed by atoms with E-state index in [1.165, 1.54) is 6.07 Å². The number of ether oxygens (including phenoxy) is 1. The van der Waals surface area contributed by atoms with E-state index in [0.29, 0.717) is 43.8 Å². The molecule has 64 heavy (non-hydrogen) atoms. The first-order valence-corrected chi connectivity index (χ1v) is 23.3. The molecule has 5 heterocycles. The molecule has 13 heteroatoms. The van der Waals surface area contributed by atoms with Crippen LogP contribution in [0.5, 0.6) is 11.5 Å². The molecule has 0 saturated carbocycles. The van der Waals surface area contributed by atoms with E-state index in [-0.39, 0.29) is 35.3 Å². The lowest BCUT2D eigenvalue weighted by Crippen LogP contribution is -2.55. The molecule has 0 spiro atoms. The average molecular weight is 884 g/mol. The molecular formula is C51H55F2N7O3S. The maximum absolute atomic E-state index is 16.3. The van der Waals surface area contributed by atoms with Crippen molar-refractivity contribution in [2.24, 2.45) is 4.99 Å². The number of piperazine rings is 1. The zero-order valence-corrected chi connectivity index (χ0v) is 37.9. The number of aliphatic imine (C=N–C) groups is 1. The molecule has 3 atom stereocenters. The van der Waals surface area contributed by atoms with Gasteiger partial charge in [0.2, 0.25) is 0 Å². The van der Waals surface area contributed by atoms with Gasteiger partial charge in [-0.25, -0.2) is 8.78 Å². The Hall–Kier alpha value is -5.63. The van der Waals surface area contributed by atoms with Crippen molar-refractivity contribution in [2.45, 2.75) is 76.9 Å². The second-order valence-corrected chi connectivity index (χ2v) is 19.4. The van der Waals surface area contributed by atoms with Gasteiger partial charge >= 0.3 is 0 Å². The van der Waals surface area contributed by atoms with Crippen LogP contribution in [0.4, 0.5) is 20.2 Å². The SMILES string of the molecule is COc1cc(N2CCN(CC3(O)CCN(c4ccc(C5=N[C@@H](C)c6nnc(C)n6-c6sc(C)c(C)c65)c(F)c4)CC3)CC2)ccc1[C@H]1c2ccc(O)cc2CC[C@H]1c1cccc(F)c1. The summed E-state index contributed by atoms with van der Waals surface area (Å²) in [6, 6.07) is 24.2. The molecular weight excluding hydrogens is 829 g/mol. The minimum Gasteiger partial charge on any atom is -0.508 e. The number of halogens is 2. The molecule has 0 unspecified atom stereocenters. The number of anilines is 2. The van der Waals surface area contributed by atoms with Crippen molar-refractivity contribution in [2.75, 3.05) is 62.7 Å². The van der Waals surface area contributed by atoms with E-state index in [0.717, 1.165) is 111 Å². The number of rotatable bonds is 8. The molecule has 2 N–H and O–H groups in total. The molecule has 0 bridgehead atoms.